The highest BCUT2D eigenvalue weighted by molar-refractivity contribution is 7.06. The predicted molar refractivity (Wildman–Crippen MR) is 169 cm³/mol. The molecule has 0 saturated carbocycles. The Bertz CT molecular complexity index is 1370. The molecule has 0 fully saturated rings. The zero-order valence-electron chi connectivity index (χ0n) is 23.6. The summed E-state index contributed by atoms with van der Waals surface area (Å²) in [6, 6.07) is 32.4. The summed E-state index contributed by atoms with van der Waals surface area (Å²) in [4.78, 5) is 10.1. The molecule has 4 heteroatoms. The maximum Gasteiger partial charge on any atom is 0.121 e. The van der Waals surface area contributed by atoms with Crippen molar-refractivity contribution in [3.05, 3.63) is 79.0 Å². The molecule has 38 heavy (non-hydrogen) atoms. The van der Waals surface area contributed by atoms with Gasteiger partial charge in [-0.25, -0.2) is 4.98 Å². The molecule has 0 spiro atoms. The van der Waals surface area contributed by atoms with Crippen LogP contribution in [0.3, 0.4) is 0 Å². The molecule has 2 aromatic carbocycles. The van der Waals surface area contributed by atoms with Crippen LogP contribution in [0.4, 0.5) is 0 Å². The summed E-state index contributed by atoms with van der Waals surface area (Å²) in [5, 5.41) is 4.95. The number of nitrogens with zero attached hydrogens (tertiary/aromatic N) is 2. The predicted octanol–water partition coefficient (Wildman–Crippen LogP) is 7.70. The summed E-state index contributed by atoms with van der Waals surface area (Å²) in [6.45, 7) is 9.46. The summed E-state index contributed by atoms with van der Waals surface area (Å²) in [7, 11) is -2.45. The third-order valence-electron chi connectivity index (χ3n) is 8.18. The van der Waals surface area contributed by atoms with Gasteiger partial charge in [0.15, 0.2) is 0 Å². The van der Waals surface area contributed by atoms with E-state index in [2.05, 4.69) is 99.4 Å². The fourth-order valence-electron chi connectivity index (χ4n) is 6.73. The Morgan fingerprint density at radius 1 is 0.658 bits per heavy atom. The molecule has 3 heterocycles. The molecule has 195 valence electrons. The van der Waals surface area contributed by atoms with Crippen molar-refractivity contribution in [1.29, 1.82) is 0 Å². The van der Waals surface area contributed by atoms with Crippen LogP contribution in [0, 0.1) is 0 Å². The first-order chi connectivity index (χ1) is 18.7. The fraction of sp³-hybridized carbons (Fsp3) is 0.353. The van der Waals surface area contributed by atoms with E-state index in [0.29, 0.717) is 0 Å². The number of aromatic nitrogens is 2. The molecule has 4 aromatic rings. The lowest BCUT2D eigenvalue weighted by Crippen LogP contribution is -2.55. The van der Waals surface area contributed by atoms with Crippen LogP contribution in [-0.4, -0.2) is 26.8 Å². The Kier molecular flexibility index (Phi) is 8.40. The van der Waals surface area contributed by atoms with E-state index < -0.39 is 16.9 Å². The van der Waals surface area contributed by atoms with Crippen LogP contribution in [0.15, 0.2) is 79.0 Å². The summed E-state index contributed by atoms with van der Waals surface area (Å²) in [5.41, 5.74) is 7.28. The second-order valence-corrected chi connectivity index (χ2v) is 17.8. The Morgan fingerprint density at radius 3 is 2.03 bits per heavy atom. The third kappa shape index (κ3) is 4.85. The molecule has 1 aliphatic rings. The average molecular weight is 534 g/mol. The number of benzene rings is 2. The number of pyridine rings is 2. The largest absolute Gasteiger partial charge is 0.256 e. The van der Waals surface area contributed by atoms with Crippen LogP contribution in [0.5, 0.6) is 0 Å². The maximum absolute atomic E-state index is 5.55. The van der Waals surface area contributed by atoms with E-state index in [0.717, 1.165) is 17.0 Å². The minimum Gasteiger partial charge on any atom is -0.256 e. The van der Waals surface area contributed by atoms with Crippen molar-refractivity contribution in [2.45, 2.75) is 77.6 Å². The monoisotopic (exact) mass is 533 g/mol. The smallest absolute Gasteiger partial charge is 0.121 e. The molecule has 0 aliphatic carbocycles. The van der Waals surface area contributed by atoms with E-state index in [9.17, 15) is 0 Å². The van der Waals surface area contributed by atoms with Crippen molar-refractivity contribution < 1.29 is 0 Å². The van der Waals surface area contributed by atoms with E-state index in [1.54, 1.807) is 21.1 Å². The molecule has 0 saturated heterocycles. The van der Waals surface area contributed by atoms with Crippen molar-refractivity contribution in [2.24, 2.45) is 0 Å². The van der Waals surface area contributed by atoms with E-state index in [-0.39, 0.29) is 0 Å². The van der Waals surface area contributed by atoms with E-state index in [4.69, 9.17) is 4.98 Å². The van der Waals surface area contributed by atoms with Crippen LogP contribution in [0.2, 0.25) is 24.2 Å². The Balaban J connectivity index is 1.71. The maximum atomic E-state index is 5.55. The van der Waals surface area contributed by atoms with Crippen LogP contribution in [-0.2, 0) is 0 Å². The number of rotatable bonds is 11. The van der Waals surface area contributed by atoms with E-state index in [1.807, 2.05) is 12.3 Å². The minimum atomic E-state index is -1.84. The molecule has 0 N–H and O–H groups in total. The molecular weight excluding hydrogens is 493 g/mol. The van der Waals surface area contributed by atoms with Crippen LogP contribution in [0.1, 0.15) is 53.4 Å². The highest BCUT2D eigenvalue weighted by Crippen LogP contribution is 2.35. The fourth-order valence-corrected chi connectivity index (χ4v) is 15.3. The first kappa shape index (κ1) is 26.8. The lowest BCUT2D eigenvalue weighted by atomic mass is 10.0. The summed E-state index contributed by atoms with van der Waals surface area (Å²) in [6.07, 6.45) is 6.89. The highest BCUT2D eigenvalue weighted by Gasteiger charge is 2.46. The minimum absolute atomic E-state index is 0.614. The van der Waals surface area contributed by atoms with Crippen molar-refractivity contribution in [3.8, 4) is 33.8 Å². The normalized spacial score (nSPS) is 13.5. The number of hydrogen-bond acceptors (Lipinski definition) is 2. The lowest BCUT2D eigenvalue weighted by Gasteiger charge is -2.29. The standard InChI is InChI=1S/C34H41N2Si2/c1-5-21-37(22-6-2)30-16-12-17-31-33(30)34-32(38(31,23-7-3)24-8-4)19-18-29(36-34)27-14-11-13-26(25-27)28-15-9-10-20-35-28/h9-20,25H,5-8,21-24H2,1-4H3. The van der Waals surface area contributed by atoms with Gasteiger partial charge in [0.1, 0.15) is 8.07 Å². The zero-order chi connectivity index (χ0) is 26.5. The molecular formula is C34H41N2Si2. The molecule has 0 amide bonds. The summed E-state index contributed by atoms with van der Waals surface area (Å²) in [5.74, 6) is 0. The van der Waals surface area contributed by atoms with Gasteiger partial charge in [-0.15, -0.1) is 0 Å². The second-order valence-electron chi connectivity index (χ2n) is 10.8. The van der Waals surface area contributed by atoms with Crippen LogP contribution in [0.25, 0.3) is 33.8 Å². The summed E-state index contributed by atoms with van der Waals surface area (Å²) >= 11 is 0. The van der Waals surface area contributed by atoms with Crippen molar-refractivity contribution in [3.63, 3.8) is 0 Å². The third-order valence-corrected chi connectivity index (χ3v) is 17.2. The van der Waals surface area contributed by atoms with Gasteiger partial charge in [-0.05, 0) is 52.3 Å². The van der Waals surface area contributed by atoms with Gasteiger partial charge in [0.25, 0.3) is 0 Å². The second kappa shape index (κ2) is 11.9. The van der Waals surface area contributed by atoms with Crippen molar-refractivity contribution in [2.75, 3.05) is 0 Å². The molecule has 2 aromatic heterocycles. The number of hydrogen-bond donors (Lipinski definition) is 0. The van der Waals surface area contributed by atoms with Gasteiger partial charge < -0.3 is 0 Å². The molecule has 1 aliphatic heterocycles. The molecule has 1 radical (unpaired) electrons. The van der Waals surface area contributed by atoms with E-state index in [1.165, 1.54) is 61.1 Å². The molecule has 0 unspecified atom stereocenters. The van der Waals surface area contributed by atoms with Gasteiger partial charge in [-0.1, -0.05) is 119 Å². The van der Waals surface area contributed by atoms with Gasteiger partial charge >= 0.3 is 0 Å². The van der Waals surface area contributed by atoms with Crippen molar-refractivity contribution in [1.82, 2.24) is 9.97 Å². The Labute approximate surface area is 232 Å². The zero-order valence-corrected chi connectivity index (χ0v) is 25.6. The lowest BCUT2D eigenvalue weighted by molar-refractivity contribution is 0.999. The summed E-state index contributed by atoms with van der Waals surface area (Å²) < 4.78 is 0. The van der Waals surface area contributed by atoms with E-state index >= 15 is 0 Å². The molecule has 0 atom stereocenters. The Hall–Kier alpha value is -2.83. The first-order valence-corrected chi connectivity index (χ1v) is 19.0. The van der Waals surface area contributed by atoms with Gasteiger partial charge in [0, 0.05) is 17.3 Å². The van der Waals surface area contributed by atoms with Crippen LogP contribution >= 0.6 is 0 Å². The molecule has 0 bridgehead atoms. The van der Waals surface area contributed by atoms with Crippen LogP contribution < -0.4 is 15.6 Å². The van der Waals surface area contributed by atoms with Gasteiger partial charge in [-0.3, -0.25) is 4.98 Å². The first-order valence-electron chi connectivity index (χ1n) is 14.7. The SMILES string of the molecule is CCC[Si](CCC)c1cccc2c1-c1nc(-c3cccc(-c4ccccn4)c3)ccc1[Si]2(CCC)CCC. The topological polar surface area (TPSA) is 25.8 Å². The van der Waals surface area contributed by atoms with Gasteiger partial charge in [-0.2, -0.15) is 0 Å². The van der Waals surface area contributed by atoms with Gasteiger partial charge in [0.2, 0.25) is 0 Å². The van der Waals surface area contributed by atoms with Crippen molar-refractivity contribution >= 4 is 32.4 Å². The Morgan fingerprint density at radius 2 is 1.37 bits per heavy atom. The average Bonchev–Trinajstić information content (AvgIpc) is 3.23. The molecule has 2 nitrogen and oxygen atoms in total. The molecule has 5 rings (SSSR count). The quantitative estimate of drug-likeness (QED) is 0.185. The number of fused-ring (bicyclic) bond motifs is 3. The van der Waals surface area contributed by atoms with Gasteiger partial charge in [0.05, 0.1) is 25.9 Å². The highest BCUT2D eigenvalue weighted by atomic mass is 28.3.